The van der Waals surface area contributed by atoms with Crippen molar-refractivity contribution >= 4 is 11.6 Å². The van der Waals surface area contributed by atoms with E-state index in [2.05, 4.69) is 5.32 Å². The number of rotatable bonds is 6. The van der Waals surface area contributed by atoms with Gasteiger partial charge in [-0.15, -0.1) is 11.6 Å². The van der Waals surface area contributed by atoms with E-state index < -0.39 is 6.10 Å². The van der Waals surface area contributed by atoms with Gasteiger partial charge in [0, 0.05) is 11.9 Å². The van der Waals surface area contributed by atoms with Gasteiger partial charge in [-0.05, 0) is 25.5 Å². The lowest BCUT2D eigenvalue weighted by Crippen LogP contribution is -2.33. The van der Waals surface area contributed by atoms with Crippen molar-refractivity contribution in [3.63, 3.8) is 0 Å². The van der Waals surface area contributed by atoms with Crippen LogP contribution in [0.1, 0.15) is 25.0 Å². The normalized spacial score (nSPS) is 14.9. The van der Waals surface area contributed by atoms with E-state index in [4.69, 9.17) is 11.6 Å². The molecule has 2 nitrogen and oxygen atoms in total. The largest absolute Gasteiger partial charge is 0.387 e. The van der Waals surface area contributed by atoms with Gasteiger partial charge in [0.1, 0.15) is 0 Å². The zero-order valence-electron chi connectivity index (χ0n) is 8.99. The van der Waals surface area contributed by atoms with Gasteiger partial charge in [0.15, 0.2) is 0 Å². The Bertz CT molecular complexity index is 266. The molecule has 1 aromatic rings. The van der Waals surface area contributed by atoms with Crippen LogP contribution in [0.2, 0.25) is 0 Å². The van der Waals surface area contributed by atoms with Gasteiger partial charge < -0.3 is 10.4 Å². The Morgan fingerprint density at radius 2 is 2.00 bits per heavy atom. The predicted molar refractivity (Wildman–Crippen MR) is 64.2 cm³/mol. The molecule has 0 spiro atoms. The van der Waals surface area contributed by atoms with E-state index in [1.165, 1.54) is 0 Å². The summed E-state index contributed by atoms with van der Waals surface area (Å²) in [5.74, 6) is 0.654. The van der Waals surface area contributed by atoms with Crippen molar-refractivity contribution in [2.75, 3.05) is 12.4 Å². The number of nitrogens with one attached hydrogen (secondary N) is 1. The molecule has 1 aromatic carbocycles. The van der Waals surface area contributed by atoms with Gasteiger partial charge in [-0.3, -0.25) is 0 Å². The fraction of sp³-hybridized carbons (Fsp3) is 0.500. The molecule has 0 heterocycles. The quantitative estimate of drug-likeness (QED) is 0.578. The second kappa shape index (κ2) is 6.83. The fourth-order valence-corrected chi connectivity index (χ4v) is 1.58. The van der Waals surface area contributed by atoms with E-state index in [1.807, 2.05) is 37.3 Å². The molecule has 2 N–H and O–H groups in total. The van der Waals surface area contributed by atoms with Gasteiger partial charge in [0.2, 0.25) is 0 Å². The Morgan fingerprint density at radius 1 is 1.33 bits per heavy atom. The number of hydrogen-bond donors (Lipinski definition) is 2. The molecule has 2 unspecified atom stereocenters. The molecular formula is C12H18ClNO. The Kier molecular flexibility index (Phi) is 5.69. The van der Waals surface area contributed by atoms with E-state index in [9.17, 15) is 5.11 Å². The van der Waals surface area contributed by atoms with Crippen LogP contribution in [-0.4, -0.2) is 23.6 Å². The number of aliphatic hydroxyl groups is 1. The first-order chi connectivity index (χ1) is 7.25. The van der Waals surface area contributed by atoms with Crippen molar-refractivity contribution in [3.8, 4) is 0 Å². The summed E-state index contributed by atoms with van der Waals surface area (Å²) in [6, 6.07) is 9.74. The van der Waals surface area contributed by atoms with Gasteiger partial charge >= 0.3 is 0 Å². The first-order valence-corrected chi connectivity index (χ1v) is 5.81. The minimum Gasteiger partial charge on any atom is -0.387 e. The second-order valence-corrected chi connectivity index (χ2v) is 4.02. The minimum absolute atomic E-state index is 0.0515. The lowest BCUT2D eigenvalue weighted by molar-refractivity contribution is 0.136. The molecule has 3 heteroatoms. The summed E-state index contributed by atoms with van der Waals surface area (Å²) in [6.45, 7) is 2.82. The molecule has 0 radical (unpaired) electrons. The number of hydrogen-bond acceptors (Lipinski definition) is 2. The van der Waals surface area contributed by atoms with Gasteiger partial charge in [0.25, 0.3) is 0 Å². The van der Waals surface area contributed by atoms with E-state index in [1.54, 1.807) is 0 Å². The monoisotopic (exact) mass is 227 g/mol. The van der Waals surface area contributed by atoms with E-state index in [-0.39, 0.29) is 6.04 Å². The molecule has 0 fully saturated rings. The Labute approximate surface area is 96.3 Å². The molecular weight excluding hydrogens is 210 g/mol. The van der Waals surface area contributed by atoms with E-state index in [0.29, 0.717) is 5.88 Å². The number of aliphatic hydroxyl groups excluding tert-OH is 1. The van der Waals surface area contributed by atoms with Crippen LogP contribution >= 0.6 is 11.6 Å². The lowest BCUT2D eigenvalue weighted by atomic mass is 10.0. The SMILES string of the molecule is CC(NCCCCl)C(O)c1ccccc1. The molecule has 0 aliphatic heterocycles. The molecule has 0 saturated carbocycles. The highest BCUT2D eigenvalue weighted by molar-refractivity contribution is 6.17. The van der Waals surface area contributed by atoms with Crippen molar-refractivity contribution < 1.29 is 5.11 Å². The van der Waals surface area contributed by atoms with Gasteiger partial charge in [-0.25, -0.2) is 0 Å². The third-order valence-corrected chi connectivity index (χ3v) is 2.66. The lowest BCUT2D eigenvalue weighted by Gasteiger charge is -2.20. The maximum Gasteiger partial charge on any atom is 0.0940 e. The van der Waals surface area contributed by atoms with Crippen LogP contribution in [0, 0.1) is 0 Å². The van der Waals surface area contributed by atoms with Gasteiger partial charge in [-0.2, -0.15) is 0 Å². The summed E-state index contributed by atoms with van der Waals surface area (Å²) >= 11 is 5.58. The summed E-state index contributed by atoms with van der Waals surface area (Å²) < 4.78 is 0. The molecule has 0 aromatic heterocycles. The standard InChI is InChI=1S/C12H18ClNO/c1-10(14-9-5-8-13)12(15)11-6-3-2-4-7-11/h2-4,6-7,10,12,14-15H,5,8-9H2,1H3. The van der Waals surface area contributed by atoms with Gasteiger partial charge in [-0.1, -0.05) is 30.3 Å². The second-order valence-electron chi connectivity index (χ2n) is 3.64. The summed E-state index contributed by atoms with van der Waals surface area (Å²) in [4.78, 5) is 0. The maximum atomic E-state index is 9.99. The van der Waals surface area contributed by atoms with Crippen molar-refractivity contribution in [1.82, 2.24) is 5.32 Å². The molecule has 0 bridgehead atoms. The van der Waals surface area contributed by atoms with Crippen LogP contribution in [0.15, 0.2) is 30.3 Å². The van der Waals surface area contributed by atoms with Crippen molar-refractivity contribution in [3.05, 3.63) is 35.9 Å². The van der Waals surface area contributed by atoms with Crippen LogP contribution in [0.4, 0.5) is 0 Å². The molecule has 0 aliphatic rings. The summed E-state index contributed by atoms with van der Waals surface area (Å²) in [6.07, 6.45) is 0.467. The Hall–Kier alpha value is -0.570. The zero-order valence-corrected chi connectivity index (χ0v) is 9.74. The number of alkyl halides is 1. The summed E-state index contributed by atoms with van der Waals surface area (Å²) in [5.41, 5.74) is 0.948. The fourth-order valence-electron chi connectivity index (χ4n) is 1.45. The molecule has 0 saturated heterocycles. The number of benzene rings is 1. The maximum absolute atomic E-state index is 9.99. The van der Waals surface area contributed by atoms with Crippen LogP contribution in [0.3, 0.4) is 0 Å². The van der Waals surface area contributed by atoms with Gasteiger partial charge in [0.05, 0.1) is 6.10 Å². The van der Waals surface area contributed by atoms with Crippen LogP contribution < -0.4 is 5.32 Å². The van der Waals surface area contributed by atoms with Crippen LogP contribution in [0.25, 0.3) is 0 Å². The predicted octanol–water partition coefficient (Wildman–Crippen LogP) is 2.33. The first-order valence-electron chi connectivity index (χ1n) is 5.28. The topological polar surface area (TPSA) is 32.3 Å². The zero-order chi connectivity index (χ0) is 11.1. The smallest absolute Gasteiger partial charge is 0.0940 e. The van der Waals surface area contributed by atoms with Crippen LogP contribution in [0.5, 0.6) is 0 Å². The highest BCUT2D eigenvalue weighted by Crippen LogP contribution is 2.15. The summed E-state index contributed by atoms with van der Waals surface area (Å²) in [7, 11) is 0. The van der Waals surface area contributed by atoms with E-state index >= 15 is 0 Å². The minimum atomic E-state index is -0.457. The average Bonchev–Trinajstić information content (AvgIpc) is 2.29. The third kappa shape index (κ3) is 4.20. The molecule has 15 heavy (non-hydrogen) atoms. The molecule has 0 aliphatic carbocycles. The van der Waals surface area contributed by atoms with Crippen molar-refractivity contribution in [2.24, 2.45) is 0 Å². The van der Waals surface area contributed by atoms with Crippen LogP contribution in [-0.2, 0) is 0 Å². The van der Waals surface area contributed by atoms with Crippen molar-refractivity contribution in [1.29, 1.82) is 0 Å². The Morgan fingerprint density at radius 3 is 2.60 bits per heavy atom. The highest BCUT2D eigenvalue weighted by atomic mass is 35.5. The summed E-state index contributed by atoms with van der Waals surface area (Å²) in [5, 5.41) is 13.2. The molecule has 84 valence electrons. The third-order valence-electron chi connectivity index (χ3n) is 2.39. The average molecular weight is 228 g/mol. The number of halogens is 1. The highest BCUT2D eigenvalue weighted by Gasteiger charge is 2.14. The molecule has 0 amide bonds. The van der Waals surface area contributed by atoms with Crippen molar-refractivity contribution in [2.45, 2.75) is 25.5 Å². The molecule has 1 rings (SSSR count). The van der Waals surface area contributed by atoms with E-state index in [0.717, 1.165) is 18.5 Å². The molecule has 2 atom stereocenters. The first kappa shape index (κ1) is 12.5. The Balaban J connectivity index is 2.42.